The largest absolute Gasteiger partial charge is 0.463 e. The summed E-state index contributed by atoms with van der Waals surface area (Å²) in [5, 5.41) is 19.3. The fourth-order valence-electron chi connectivity index (χ4n) is 2.57. The molecule has 0 radical (unpaired) electrons. The highest BCUT2D eigenvalue weighted by Gasteiger charge is 2.36. The van der Waals surface area contributed by atoms with E-state index in [-0.39, 0.29) is 18.4 Å². The van der Waals surface area contributed by atoms with Crippen LogP contribution in [0.15, 0.2) is 6.33 Å². The molecule has 1 aliphatic heterocycles. The van der Waals surface area contributed by atoms with Crippen molar-refractivity contribution in [3.05, 3.63) is 6.33 Å². The van der Waals surface area contributed by atoms with E-state index >= 15 is 0 Å². The number of imidazole rings is 1. The Kier molecular flexibility index (Phi) is 4.60. The lowest BCUT2D eigenvalue weighted by atomic mass is 10.2. The Labute approximate surface area is 133 Å². The molecule has 3 rings (SSSR count). The van der Waals surface area contributed by atoms with Gasteiger partial charge in [-0.3, -0.25) is 4.57 Å². The molecule has 1 fully saturated rings. The molecule has 2 aromatic heterocycles. The SMILES string of the molecule is CCCCOc1nc(N)c2ncn([C@H]3O[C@H](CO)C[C@H]3O)c2n1. The van der Waals surface area contributed by atoms with Gasteiger partial charge in [0.1, 0.15) is 6.10 Å². The maximum Gasteiger partial charge on any atom is 0.320 e. The molecule has 0 spiro atoms. The van der Waals surface area contributed by atoms with Crippen molar-refractivity contribution < 1.29 is 19.7 Å². The minimum absolute atomic E-state index is 0.150. The van der Waals surface area contributed by atoms with E-state index in [0.29, 0.717) is 24.2 Å². The van der Waals surface area contributed by atoms with Crippen molar-refractivity contribution in [2.75, 3.05) is 18.9 Å². The number of aliphatic hydroxyl groups excluding tert-OH is 2. The quantitative estimate of drug-likeness (QED) is 0.644. The highest BCUT2D eigenvalue weighted by molar-refractivity contribution is 5.82. The van der Waals surface area contributed by atoms with Crippen LogP contribution in [0.25, 0.3) is 11.2 Å². The van der Waals surface area contributed by atoms with Crippen LogP contribution in [-0.2, 0) is 4.74 Å². The van der Waals surface area contributed by atoms with Crippen LogP contribution in [0.3, 0.4) is 0 Å². The van der Waals surface area contributed by atoms with Gasteiger partial charge in [-0.1, -0.05) is 13.3 Å². The number of nitrogens with two attached hydrogens (primary N) is 1. The van der Waals surface area contributed by atoms with E-state index in [4.69, 9.17) is 15.2 Å². The molecule has 0 saturated carbocycles. The summed E-state index contributed by atoms with van der Waals surface area (Å²) in [5.74, 6) is 0.214. The first-order valence-electron chi connectivity index (χ1n) is 7.71. The first-order valence-corrected chi connectivity index (χ1v) is 7.71. The number of unbranched alkanes of at least 4 members (excludes halogenated alkanes) is 1. The van der Waals surface area contributed by atoms with Crippen LogP contribution in [0.1, 0.15) is 32.4 Å². The van der Waals surface area contributed by atoms with Crippen molar-refractivity contribution in [2.24, 2.45) is 0 Å². The Balaban J connectivity index is 1.92. The molecular weight excluding hydrogens is 302 g/mol. The second-order valence-electron chi connectivity index (χ2n) is 5.55. The van der Waals surface area contributed by atoms with E-state index < -0.39 is 18.4 Å². The van der Waals surface area contributed by atoms with Gasteiger partial charge < -0.3 is 25.4 Å². The van der Waals surface area contributed by atoms with E-state index in [0.717, 1.165) is 12.8 Å². The van der Waals surface area contributed by atoms with Crippen molar-refractivity contribution in [3.8, 4) is 6.01 Å². The molecular formula is C14H21N5O4. The molecule has 1 saturated heterocycles. The molecule has 3 heterocycles. The molecule has 0 bridgehead atoms. The zero-order chi connectivity index (χ0) is 16.4. The number of nitrogen functional groups attached to an aromatic ring is 1. The predicted octanol–water partition coefficient (Wildman–Crippen LogP) is 0.228. The van der Waals surface area contributed by atoms with Crippen LogP contribution in [-0.4, -0.2) is 55.2 Å². The third-order valence-electron chi connectivity index (χ3n) is 3.80. The molecule has 9 heteroatoms. The number of anilines is 1. The van der Waals surface area contributed by atoms with Gasteiger partial charge >= 0.3 is 6.01 Å². The van der Waals surface area contributed by atoms with Crippen LogP contribution in [0.4, 0.5) is 5.82 Å². The number of hydrogen-bond acceptors (Lipinski definition) is 8. The van der Waals surface area contributed by atoms with Gasteiger partial charge in [-0.15, -0.1) is 0 Å². The van der Waals surface area contributed by atoms with Crippen molar-refractivity contribution in [1.82, 2.24) is 19.5 Å². The number of rotatable bonds is 6. The normalized spacial score (nSPS) is 24.4. The summed E-state index contributed by atoms with van der Waals surface area (Å²) in [4.78, 5) is 12.6. The second-order valence-corrected chi connectivity index (χ2v) is 5.55. The van der Waals surface area contributed by atoms with Gasteiger partial charge in [-0.05, 0) is 6.42 Å². The maximum atomic E-state index is 10.1. The summed E-state index contributed by atoms with van der Waals surface area (Å²) < 4.78 is 12.7. The van der Waals surface area contributed by atoms with Gasteiger partial charge in [0.15, 0.2) is 23.2 Å². The second kappa shape index (κ2) is 6.65. The monoisotopic (exact) mass is 323 g/mol. The van der Waals surface area contributed by atoms with Gasteiger partial charge in [0, 0.05) is 6.42 Å². The Morgan fingerprint density at radius 2 is 2.30 bits per heavy atom. The van der Waals surface area contributed by atoms with Crippen LogP contribution in [0.2, 0.25) is 0 Å². The van der Waals surface area contributed by atoms with Crippen LogP contribution in [0, 0.1) is 0 Å². The molecule has 0 unspecified atom stereocenters. The van der Waals surface area contributed by atoms with Gasteiger partial charge in [-0.25, -0.2) is 4.98 Å². The van der Waals surface area contributed by atoms with Crippen LogP contribution in [0.5, 0.6) is 6.01 Å². The van der Waals surface area contributed by atoms with Crippen LogP contribution < -0.4 is 10.5 Å². The first kappa shape index (κ1) is 15.9. The van der Waals surface area contributed by atoms with Gasteiger partial charge in [0.2, 0.25) is 0 Å². The minimum atomic E-state index is -0.759. The summed E-state index contributed by atoms with van der Waals surface area (Å²) in [5.41, 5.74) is 6.77. The van der Waals surface area contributed by atoms with Crippen molar-refractivity contribution in [1.29, 1.82) is 0 Å². The smallest absolute Gasteiger partial charge is 0.320 e. The average Bonchev–Trinajstić information content (AvgIpc) is 3.11. The van der Waals surface area contributed by atoms with Gasteiger partial charge in [0.05, 0.1) is 25.6 Å². The summed E-state index contributed by atoms with van der Waals surface area (Å²) in [6.45, 7) is 2.42. The molecule has 0 aromatic carbocycles. The standard InChI is InChI=1S/C14H21N5O4/c1-2-3-4-22-14-17-11(15)10-12(18-14)19(7-16-10)13-9(21)5-8(6-20)23-13/h7-9,13,20-21H,2-6H2,1H3,(H2,15,17,18)/t8-,9+,13-/m0/s1. The lowest BCUT2D eigenvalue weighted by Gasteiger charge is -2.16. The molecule has 3 atom stereocenters. The number of aromatic nitrogens is 4. The summed E-state index contributed by atoms with van der Waals surface area (Å²) in [7, 11) is 0. The Bertz CT molecular complexity index is 676. The van der Waals surface area contributed by atoms with E-state index in [1.165, 1.54) is 6.33 Å². The Morgan fingerprint density at radius 1 is 1.48 bits per heavy atom. The van der Waals surface area contributed by atoms with E-state index in [1.807, 2.05) is 0 Å². The van der Waals surface area contributed by atoms with E-state index in [9.17, 15) is 10.2 Å². The molecule has 9 nitrogen and oxygen atoms in total. The summed E-state index contributed by atoms with van der Waals surface area (Å²) in [6, 6.07) is 0.177. The predicted molar refractivity (Wildman–Crippen MR) is 81.8 cm³/mol. The third-order valence-corrected chi connectivity index (χ3v) is 3.80. The Hall–Kier alpha value is -1.97. The van der Waals surface area contributed by atoms with Gasteiger partial charge in [0.25, 0.3) is 0 Å². The number of hydrogen-bond donors (Lipinski definition) is 3. The molecule has 1 aliphatic rings. The lowest BCUT2D eigenvalue weighted by Crippen LogP contribution is -2.19. The molecule has 0 amide bonds. The fourth-order valence-corrected chi connectivity index (χ4v) is 2.57. The zero-order valence-electron chi connectivity index (χ0n) is 12.9. The molecule has 4 N–H and O–H groups in total. The summed E-state index contributed by atoms with van der Waals surface area (Å²) >= 11 is 0. The van der Waals surface area contributed by atoms with Gasteiger partial charge in [-0.2, -0.15) is 9.97 Å². The average molecular weight is 323 g/mol. The number of fused-ring (bicyclic) bond motifs is 1. The summed E-state index contributed by atoms with van der Waals surface area (Å²) in [6.07, 6.45) is 1.90. The van der Waals surface area contributed by atoms with Crippen molar-refractivity contribution >= 4 is 17.0 Å². The number of aliphatic hydroxyl groups is 2. The number of nitrogens with zero attached hydrogens (tertiary/aromatic N) is 4. The fraction of sp³-hybridized carbons (Fsp3) is 0.643. The Morgan fingerprint density at radius 3 is 3.00 bits per heavy atom. The lowest BCUT2D eigenvalue weighted by molar-refractivity contribution is -0.0487. The maximum absolute atomic E-state index is 10.1. The van der Waals surface area contributed by atoms with Crippen molar-refractivity contribution in [3.63, 3.8) is 0 Å². The van der Waals surface area contributed by atoms with E-state index in [2.05, 4.69) is 21.9 Å². The van der Waals surface area contributed by atoms with Crippen molar-refractivity contribution in [2.45, 2.75) is 44.6 Å². The third kappa shape index (κ3) is 3.07. The molecule has 23 heavy (non-hydrogen) atoms. The highest BCUT2D eigenvalue weighted by Crippen LogP contribution is 2.32. The minimum Gasteiger partial charge on any atom is -0.463 e. The zero-order valence-corrected chi connectivity index (χ0v) is 12.9. The van der Waals surface area contributed by atoms with Crippen LogP contribution >= 0.6 is 0 Å². The van der Waals surface area contributed by atoms with E-state index in [1.54, 1.807) is 4.57 Å². The number of ether oxygens (including phenoxy) is 2. The first-order chi connectivity index (χ1) is 11.1. The topological polar surface area (TPSA) is 129 Å². The molecule has 126 valence electrons. The highest BCUT2D eigenvalue weighted by atomic mass is 16.5. The molecule has 2 aromatic rings. The molecule has 0 aliphatic carbocycles.